The van der Waals surface area contributed by atoms with Crippen molar-refractivity contribution in [1.82, 2.24) is 0 Å². The molecule has 1 aromatic carbocycles. The van der Waals surface area contributed by atoms with Crippen molar-refractivity contribution >= 4 is 8.07 Å². The van der Waals surface area contributed by atoms with Crippen LogP contribution in [0.3, 0.4) is 0 Å². The third-order valence-corrected chi connectivity index (χ3v) is 14.8. The fraction of sp³-hybridized carbons (Fsp3) is 0.714. The molecule has 2 heteroatoms. The van der Waals surface area contributed by atoms with Gasteiger partial charge < -0.3 is 5.11 Å². The molecule has 0 amide bonds. The summed E-state index contributed by atoms with van der Waals surface area (Å²) < 4.78 is 0. The zero-order valence-electron chi connectivity index (χ0n) is 16.5. The number of phenolic OH excluding ortho intramolecular Hbond substituents is 1. The first kappa shape index (κ1) is 18.6. The summed E-state index contributed by atoms with van der Waals surface area (Å²) in [7, 11) is -1.43. The summed E-state index contributed by atoms with van der Waals surface area (Å²) in [5.41, 5.74) is 8.42. The van der Waals surface area contributed by atoms with Gasteiger partial charge in [0.05, 0.1) is 8.07 Å². The van der Waals surface area contributed by atoms with Gasteiger partial charge in [-0.05, 0) is 60.9 Å². The van der Waals surface area contributed by atoms with Crippen LogP contribution in [-0.4, -0.2) is 13.2 Å². The quantitative estimate of drug-likeness (QED) is 0.620. The van der Waals surface area contributed by atoms with E-state index in [4.69, 9.17) is 0 Å². The van der Waals surface area contributed by atoms with Crippen molar-refractivity contribution in [2.75, 3.05) is 0 Å². The predicted octanol–water partition coefficient (Wildman–Crippen LogP) is 6.55. The molecule has 1 N–H and O–H groups in total. The van der Waals surface area contributed by atoms with Crippen LogP contribution in [0.1, 0.15) is 70.2 Å². The normalized spacial score (nSPS) is 18.8. The number of aromatic hydroxyl groups is 1. The second kappa shape index (κ2) is 6.62. The first-order valence-electron chi connectivity index (χ1n) is 9.44. The van der Waals surface area contributed by atoms with E-state index in [1.54, 1.807) is 0 Å². The van der Waals surface area contributed by atoms with Crippen molar-refractivity contribution in [3.8, 4) is 5.75 Å². The predicted molar refractivity (Wildman–Crippen MR) is 104 cm³/mol. The van der Waals surface area contributed by atoms with E-state index in [0.717, 1.165) is 33.3 Å². The Morgan fingerprint density at radius 1 is 1.00 bits per heavy atom. The van der Waals surface area contributed by atoms with Crippen molar-refractivity contribution in [3.05, 3.63) is 28.3 Å². The molecule has 1 aliphatic carbocycles. The van der Waals surface area contributed by atoms with E-state index in [0.29, 0.717) is 5.75 Å². The van der Waals surface area contributed by atoms with Crippen molar-refractivity contribution in [2.24, 2.45) is 0 Å². The second-order valence-corrected chi connectivity index (χ2v) is 15.0. The molecule has 0 aromatic heterocycles. The van der Waals surface area contributed by atoms with E-state index in [-0.39, 0.29) is 0 Å². The highest BCUT2D eigenvalue weighted by Gasteiger charge is 2.49. The van der Waals surface area contributed by atoms with Crippen molar-refractivity contribution in [2.45, 2.75) is 96.8 Å². The van der Waals surface area contributed by atoms with Gasteiger partial charge in [0, 0.05) is 0 Å². The SMILES string of the molecule is Cc1cc2c(c(C)c1O)CC([Si](C(C)C)(C(C)C)C(C)C)CC2. The standard InChI is InChI=1S/C21H36OSi/c1-13(2)23(14(3)4,15(5)6)19-10-9-18-11-16(7)21(22)17(8)20(18)12-19/h11,13-15,19,22H,9-10,12H2,1-8H3. The van der Waals surface area contributed by atoms with Crippen LogP contribution < -0.4 is 0 Å². The molecule has 0 bridgehead atoms. The average molecular weight is 333 g/mol. The van der Waals surface area contributed by atoms with E-state index in [9.17, 15) is 5.11 Å². The van der Waals surface area contributed by atoms with Gasteiger partial charge >= 0.3 is 0 Å². The lowest BCUT2D eigenvalue weighted by Gasteiger charge is -2.51. The van der Waals surface area contributed by atoms with Gasteiger partial charge in [0.2, 0.25) is 0 Å². The van der Waals surface area contributed by atoms with Gasteiger partial charge in [-0.2, -0.15) is 0 Å². The summed E-state index contributed by atoms with van der Waals surface area (Å²) in [4.78, 5) is 0. The van der Waals surface area contributed by atoms with Gasteiger partial charge in [-0.1, -0.05) is 64.2 Å². The lowest BCUT2D eigenvalue weighted by molar-refractivity contribution is 0.463. The van der Waals surface area contributed by atoms with Crippen LogP contribution in [0.5, 0.6) is 5.75 Å². The Bertz CT molecular complexity index is 550. The molecule has 130 valence electrons. The van der Waals surface area contributed by atoms with Crippen LogP contribution in [0.15, 0.2) is 6.07 Å². The van der Waals surface area contributed by atoms with Crippen molar-refractivity contribution in [3.63, 3.8) is 0 Å². The monoisotopic (exact) mass is 332 g/mol. The van der Waals surface area contributed by atoms with Gasteiger partial charge in [-0.3, -0.25) is 0 Å². The number of phenols is 1. The Morgan fingerprint density at radius 3 is 2.00 bits per heavy atom. The third-order valence-electron chi connectivity index (χ3n) is 6.88. The molecule has 0 saturated heterocycles. The molecule has 0 heterocycles. The lowest BCUT2D eigenvalue weighted by atomic mass is 9.86. The molecular weight excluding hydrogens is 296 g/mol. The molecule has 1 atom stereocenters. The number of rotatable bonds is 4. The van der Waals surface area contributed by atoms with Gasteiger partial charge in [-0.15, -0.1) is 0 Å². The van der Waals surface area contributed by atoms with Crippen LogP contribution in [0.25, 0.3) is 0 Å². The van der Waals surface area contributed by atoms with E-state index >= 15 is 0 Å². The van der Waals surface area contributed by atoms with E-state index in [2.05, 4.69) is 54.5 Å². The highest BCUT2D eigenvalue weighted by Crippen LogP contribution is 2.54. The zero-order chi connectivity index (χ0) is 17.5. The van der Waals surface area contributed by atoms with Crippen LogP contribution in [0, 0.1) is 13.8 Å². The van der Waals surface area contributed by atoms with E-state index in [1.165, 1.54) is 30.4 Å². The van der Waals surface area contributed by atoms with Crippen molar-refractivity contribution in [1.29, 1.82) is 0 Å². The number of benzene rings is 1. The summed E-state index contributed by atoms with van der Waals surface area (Å²) in [6.45, 7) is 19.0. The van der Waals surface area contributed by atoms with E-state index < -0.39 is 8.07 Å². The maximum absolute atomic E-state index is 10.4. The summed E-state index contributed by atoms with van der Waals surface area (Å²) in [6, 6.07) is 2.23. The number of hydrogen-bond donors (Lipinski definition) is 1. The first-order valence-corrected chi connectivity index (χ1v) is 11.8. The van der Waals surface area contributed by atoms with Crippen LogP contribution in [0.4, 0.5) is 0 Å². The summed E-state index contributed by atoms with van der Waals surface area (Å²) in [5.74, 6) is 0.523. The van der Waals surface area contributed by atoms with E-state index in [1.807, 2.05) is 6.92 Å². The second-order valence-electron chi connectivity index (χ2n) is 8.71. The molecular formula is C21H36OSi. The van der Waals surface area contributed by atoms with Gasteiger partial charge in [0.1, 0.15) is 5.75 Å². The molecule has 23 heavy (non-hydrogen) atoms. The maximum atomic E-state index is 10.4. The Morgan fingerprint density at radius 2 is 1.52 bits per heavy atom. The summed E-state index contributed by atoms with van der Waals surface area (Å²) in [6.07, 6.45) is 3.73. The first-order chi connectivity index (χ1) is 10.6. The molecule has 1 unspecified atom stereocenters. The Balaban J connectivity index is 2.50. The maximum Gasteiger partial charge on any atom is 0.121 e. The minimum atomic E-state index is -1.43. The molecule has 0 spiro atoms. The fourth-order valence-electron chi connectivity index (χ4n) is 6.12. The van der Waals surface area contributed by atoms with Crippen LogP contribution in [0.2, 0.25) is 22.2 Å². The summed E-state index contributed by atoms with van der Waals surface area (Å²) in [5, 5.41) is 10.4. The zero-order valence-corrected chi connectivity index (χ0v) is 17.5. The molecule has 0 saturated carbocycles. The van der Waals surface area contributed by atoms with Gasteiger partial charge in [0.25, 0.3) is 0 Å². The van der Waals surface area contributed by atoms with Gasteiger partial charge in [-0.25, -0.2) is 0 Å². The number of hydrogen-bond acceptors (Lipinski definition) is 1. The third kappa shape index (κ3) is 2.88. The molecule has 1 aliphatic rings. The minimum absolute atomic E-state index is 0.523. The van der Waals surface area contributed by atoms with Gasteiger partial charge in [0.15, 0.2) is 0 Å². The number of fused-ring (bicyclic) bond motifs is 1. The molecule has 0 aliphatic heterocycles. The molecule has 1 nitrogen and oxygen atoms in total. The minimum Gasteiger partial charge on any atom is -0.507 e. The lowest BCUT2D eigenvalue weighted by Crippen LogP contribution is -2.50. The topological polar surface area (TPSA) is 20.2 Å². The molecule has 0 fully saturated rings. The molecule has 0 radical (unpaired) electrons. The number of aryl methyl sites for hydroxylation is 2. The van der Waals surface area contributed by atoms with Crippen LogP contribution >= 0.6 is 0 Å². The smallest absolute Gasteiger partial charge is 0.121 e. The average Bonchev–Trinajstić information content (AvgIpc) is 2.45. The highest BCUT2D eigenvalue weighted by atomic mass is 28.3. The fourth-order valence-corrected chi connectivity index (χ4v) is 14.2. The Hall–Kier alpha value is -0.763. The Labute approximate surface area is 144 Å². The van der Waals surface area contributed by atoms with Crippen molar-refractivity contribution < 1.29 is 5.11 Å². The Kier molecular flexibility index (Phi) is 5.35. The van der Waals surface area contributed by atoms with Crippen LogP contribution in [-0.2, 0) is 12.8 Å². The molecule has 1 aromatic rings. The summed E-state index contributed by atoms with van der Waals surface area (Å²) >= 11 is 0. The highest BCUT2D eigenvalue weighted by molar-refractivity contribution is 6.84. The molecule has 2 rings (SSSR count). The largest absolute Gasteiger partial charge is 0.507 e.